The SMILES string of the molecule is N#Cc1c(NC(=O)COC(=O)C=Cc2ccc(Cl)c(Cl)c2)sc2c1CCC2. The highest BCUT2D eigenvalue weighted by molar-refractivity contribution is 7.16. The minimum atomic E-state index is -0.662. The van der Waals surface area contributed by atoms with E-state index < -0.39 is 18.5 Å². The van der Waals surface area contributed by atoms with Crippen LogP contribution in [0.5, 0.6) is 0 Å². The van der Waals surface area contributed by atoms with Crippen molar-refractivity contribution in [1.82, 2.24) is 0 Å². The molecule has 0 spiro atoms. The number of hydrogen-bond donors (Lipinski definition) is 1. The molecule has 1 aromatic carbocycles. The normalized spacial score (nSPS) is 12.6. The van der Waals surface area contributed by atoms with Gasteiger partial charge >= 0.3 is 5.97 Å². The molecule has 1 aliphatic carbocycles. The highest BCUT2D eigenvalue weighted by Crippen LogP contribution is 2.38. The van der Waals surface area contributed by atoms with Crippen molar-refractivity contribution in [3.63, 3.8) is 0 Å². The van der Waals surface area contributed by atoms with E-state index in [0.717, 1.165) is 29.7 Å². The molecule has 1 N–H and O–H groups in total. The summed E-state index contributed by atoms with van der Waals surface area (Å²) < 4.78 is 4.93. The van der Waals surface area contributed by atoms with Crippen LogP contribution in [0.4, 0.5) is 5.00 Å². The summed E-state index contributed by atoms with van der Waals surface area (Å²) in [5, 5.41) is 13.3. The van der Waals surface area contributed by atoms with Crippen LogP contribution in [0.3, 0.4) is 0 Å². The largest absolute Gasteiger partial charge is 0.452 e. The number of halogens is 2. The summed E-state index contributed by atoms with van der Waals surface area (Å²) in [5.74, 6) is -1.15. The average molecular weight is 421 g/mol. The first-order valence-electron chi connectivity index (χ1n) is 8.12. The van der Waals surface area contributed by atoms with Crippen molar-refractivity contribution >= 4 is 57.5 Å². The molecule has 1 aromatic heterocycles. The third-order valence-corrected chi connectivity index (χ3v) is 5.93. The predicted molar refractivity (Wildman–Crippen MR) is 106 cm³/mol. The van der Waals surface area contributed by atoms with Gasteiger partial charge in [0.2, 0.25) is 0 Å². The molecule has 0 unspecified atom stereocenters. The zero-order chi connectivity index (χ0) is 19.4. The monoisotopic (exact) mass is 420 g/mol. The van der Waals surface area contributed by atoms with E-state index in [1.807, 2.05) is 0 Å². The van der Waals surface area contributed by atoms with Gasteiger partial charge in [0.25, 0.3) is 5.91 Å². The molecule has 27 heavy (non-hydrogen) atoms. The molecule has 0 radical (unpaired) electrons. The molecular weight excluding hydrogens is 407 g/mol. The number of nitriles is 1. The summed E-state index contributed by atoms with van der Waals surface area (Å²) in [7, 11) is 0. The zero-order valence-electron chi connectivity index (χ0n) is 14.1. The van der Waals surface area contributed by atoms with E-state index in [9.17, 15) is 14.9 Å². The lowest BCUT2D eigenvalue weighted by atomic mass is 10.1. The number of hydrogen-bond acceptors (Lipinski definition) is 5. The van der Waals surface area contributed by atoms with Crippen LogP contribution in [0.1, 0.15) is 28.0 Å². The Hall–Kier alpha value is -2.33. The van der Waals surface area contributed by atoms with Gasteiger partial charge < -0.3 is 10.1 Å². The molecule has 1 heterocycles. The highest BCUT2D eigenvalue weighted by atomic mass is 35.5. The fourth-order valence-electron chi connectivity index (χ4n) is 2.74. The molecule has 0 bridgehead atoms. The number of benzene rings is 1. The Balaban J connectivity index is 1.53. The van der Waals surface area contributed by atoms with Crippen molar-refractivity contribution in [1.29, 1.82) is 5.26 Å². The highest BCUT2D eigenvalue weighted by Gasteiger charge is 2.23. The van der Waals surface area contributed by atoms with Crippen LogP contribution < -0.4 is 5.32 Å². The Morgan fingerprint density at radius 1 is 1.30 bits per heavy atom. The first-order valence-corrected chi connectivity index (χ1v) is 9.69. The molecule has 1 amide bonds. The number of thiophene rings is 1. The van der Waals surface area contributed by atoms with Crippen LogP contribution in [0.15, 0.2) is 24.3 Å². The molecule has 138 valence electrons. The van der Waals surface area contributed by atoms with Gasteiger partial charge in [-0.1, -0.05) is 29.3 Å². The summed E-state index contributed by atoms with van der Waals surface area (Å²) in [5.41, 5.74) is 2.23. The summed E-state index contributed by atoms with van der Waals surface area (Å²) in [4.78, 5) is 24.9. The maximum absolute atomic E-state index is 12.0. The van der Waals surface area contributed by atoms with Gasteiger partial charge in [0.15, 0.2) is 6.61 Å². The molecular formula is C19H14Cl2N2O3S. The molecule has 3 rings (SSSR count). The number of carbonyl (C=O) groups is 2. The number of nitrogens with one attached hydrogen (secondary N) is 1. The van der Waals surface area contributed by atoms with Gasteiger partial charge in [-0.05, 0) is 48.6 Å². The van der Waals surface area contributed by atoms with Crippen LogP contribution in [0, 0.1) is 11.3 Å². The van der Waals surface area contributed by atoms with E-state index in [1.165, 1.54) is 23.5 Å². The van der Waals surface area contributed by atoms with Crippen molar-refractivity contribution < 1.29 is 14.3 Å². The predicted octanol–water partition coefficient (Wildman–Crippen LogP) is 4.61. The van der Waals surface area contributed by atoms with Gasteiger partial charge in [-0.25, -0.2) is 4.79 Å². The van der Waals surface area contributed by atoms with Gasteiger partial charge in [-0.2, -0.15) is 5.26 Å². The van der Waals surface area contributed by atoms with Crippen LogP contribution in [0.25, 0.3) is 6.08 Å². The second-order valence-corrected chi connectivity index (χ2v) is 7.76. The summed E-state index contributed by atoms with van der Waals surface area (Å²) >= 11 is 13.1. The lowest BCUT2D eigenvalue weighted by molar-refractivity contribution is -0.142. The van der Waals surface area contributed by atoms with E-state index in [1.54, 1.807) is 18.2 Å². The van der Waals surface area contributed by atoms with Crippen molar-refractivity contribution in [3.8, 4) is 6.07 Å². The first-order chi connectivity index (χ1) is 13.0. The lowest BCUT2D eigenvalue weighted by Gasteiger charge is -2.04. The fourth-order valence-corrected chi connectivity index (χ4v) is 4.30. The zero-order valence-corrected chi connectivity index (χ0v) is 16.4. The molecule has 5 nitrogen and oxygen atoms in total. The smallest absolute Gasteiger partial charge is 0.331 e. The van der Waals surface area contributed by atoms with E-state index >= 15 is 0 Å². The average Bonchev–Trinajstić information content (AvgIpc) is 3.21. The standard InChI is InChI=1S/C19H14Cl2N2O3S/c20-14-6-4-11(8-15(14)21)5-7-18(25)26-10-17(24)23-19-13(9-22)12-2-1-3-16(12)27-19/h4-8H,1-3,10H2,(H,23,24). The number of aryl methyl sites for hydroxylation is 1. The van der Waals surface area contributed by atoms with Gasteiger partial charge in [-0.3, -0.25) is 4.79 Å². The molecule has 0 saturated heterocycles. The molecule has 0 atom stereocenters. The van der Waals surface area contributed by atoms with E-state index in [-0.39, 0.29) is 0 Å². The molecule has 0 aliphatic heterocycles. The Morgan fingerprint density at radius 3 is 2.85 bits per heavy atom. The van der Waals surface area contributed by atoms with Crippen molar-refractivity contribution in [2.75, 3.05) is 11.9 Å². The summed E-state index contributed by atoms with van der Waals surface area (Å²) in [6, 6.07) is 7.08. The Kier molecular flexibility index (Phi) is 6.17. The number of ether oxygens (including phenoxy) is 1. The van der Waals surface area contributed by atoms with Crippen LogP contribution in [0.2, 0.25) is 10.0 Å². The van der Waals surface area contributed by atoms with E-state index in [2.05, 4.69) is 11.4 Å². The number of esters is 1. The van der Waals surface area contributed by atoms with Crippen molar-refractivity contribution in [2.45, 2.75) is 19.3 Å². The topological polar surface area (TPSA) is 79.2 Å². The van der Waals surface area contributed by atoms with Crippen LogP contribution >= 0.6 is 34.5 Å². The number of amides is 1. The third kappa shape index (κ3) is 4.69. The van der Waals surface area contributed by atoms with E-state index in [0.29, 0.717) is 26.2 Å². The third-order valence-electron chi connectivity index (χ3n) is 3.99. The van der Waals surface area contributed by atoms with Crippen LogP contribution in [-0.4, -0.2) is 18.5 Å². The van der Waals surface area contributed by atoms with Gasteiger partial charge in [-0.15, -0.1) is 11.3 Å². The molecule has 8 heteroatoms. The second kappa shape index (κ2) is 8.57. The lowest BCUT2D eigenvalue weighted by Crippen LogP contribution is -2.20. The number of anilines is 1. The maximum atomic E-state index is 12.0. The minimum absolute atomic E-state index is 0.378. The van der Waals surface area contributed by atoms with Gasteiger partial charge in [0.1, 0.15) is 11.1 Å². The van der Waals surface area contributed by atoms with Gasteiger partial charge in [0, 0.05) is 11.0 Å². The van der Waals surface area contributed by atoms with Gasteiger partial charge in [0.05, 0.1) is 15.6 Å². The van der Waals surface area contributed by atoms with Crippen molar-refractivity contribution in [2.24, 2.45) is 0 Å². The number of carbonyl (C=O) groups excluding carboxylic acids is 2. The summed E-state index contributed by atoms with van der Waals surface area (Å²) in [6.07, 6.45) is 5.54. The molecule has 0 fully saturated rings. The Morgan fingerprint density at radius 2 is 2.11 bits per heavy atom. The van der Waals surface area contributed by atoms with Crippen molar-refractivity contribution in [3.05, 3.63) is 55.9 Å². The molecule has 0 saturated carbocycles. The summed E-state index contributed by atoms with van der Waals surface area (Å²) in [6.45, 7) is -0.433. The Labute approximate surface area is 170 Å². The van der Waals surface area contributed by atoms with Crippen LogP contribution in [-0.2, 0) is 27.2 Å². The second-order valence-electron chi connectivity index (χ2n) is 5.84. The number of fused-ring (bicyclic) bond motifs is 1. The first kappa shape index (κ1) is 19.4. The maximum Gasteiger partial charge on any atom is 0.331 e. The number of nitrogens with zero attached hydrogens (tertiary/aromatic N) is 1. The molecule has 2 aromatic rings. The minimum Gasteiger partial charge on any atom is -0.452 e. The molecule has 1 aliphatic rings. The van der Waals surface area contributed by atoms with E-state index in [4.69, 9.17) is 27.9 Å². The fraction of sp³-hybridized carbons (Fsp3) is 0.211. The number of rotatable bonds is 5. The quantitative estimate of drug-likeness (QED) is 0.565. The Bertz CT molecular complexity index is 976.